The van der Waals surface area contributed by atoms with Crippen molar-refractivity contribution in [1.29, 1.82) is 0 Å². The fraction of sp³-hybridized carbons (Fsp3) is 0.182. The molecule has 1 amide bonds. The van der Waals surface area contributed by atoms with E-state index in [0.29, 0.717) is 12.3 Å². The molecule has 2 N–H and O–H groups in total. The van der Waals surface area contributed by atoms with Crippen LogP contribution in [0.4, 0.5) is 11.4 Å². The summed E-state index contributed by atoms with van der Waals surface area (Å²) >= 11 is 1.55. The predicted molar refractivity (Wildman–Crippen MR) is 113 cm³/mol. The molecule has 150 valence electrons. The smallest absolute Gasteiger partial charge is 0.344 e. The van der Waals surface area contributed by atoms with Crippen molar-refractivity contribution < 1.29 is 19.1 Å². The molecule has 1 aromatic heterocycles. The molecule has 3 rings (SSSR count). The number of rotatable bonds is 9. The van der Waals surface area contributed by atoms with E-state index in [1.807, 2.05) is 60.0 Å². The fourth-order valence-corrected chi connectivity index (χ4v) is 3.13. The number of para-hydroxylation sites is 1. The van der Waals surface area contributed by atoms with Crippen LogP contribution in [0.3, 0.4) is 0 Å². The number of hydrogen-bond acceptors (Lipinski definition) is 6. The lowest BCUT2D eigenvalue weighted by molar-refractivity contribution is -0.156. The van der Waals surface area contributed by atoms with Gasteiger partial charge in [0, 0.05) is 16.3 Å². The highest BCUT2D eigenvalue weighted by atomic mass is 32.1. The van der Waals surface area contributed by atoms with Gasteiger partial charge in [0.2, 0.25) is 0 Å². The van der Waals surface area contributed by atoms with Gasteiger partial charge < -0.3 is 20.1 Å². The third-order valence-electron chi connectivity index (χ3n) is 3.97. The highest BCUT2D eigenvalue weighted by Crippen LogP contribution is 2.19. The van der Waals surface area contributed by atoms with E-state index in [9.17, 15) is 9.59 Å². The Morgan fingerprint density at radius 3 is 2.38 bits per heavy atom. The normalized spacial score (nSPS) is 11.3. The number of thiophene rings is 1. The Morgan fingerprint density at radius 2 is 1.69 bits per heavy atom. The molecule has 7 heteroatoms. The second kappa shape index (κ2) is 10.3. The summed E-state index contributed by atoms with van der Waals surface area (Å²) in [5.74, 6) is -0.409. The molecule has 0 aliphatic carbocycles. The van der Waals surface area contributed by atoms with Crippen LogP contribution in [-0.4, -0.2) is 24.6 Å². The van der Waals surface area contributed by atoms with E-state index in [0.717, 1.165) is 16.3 Å². The molecule has 0 aliphatic rings. The Morgan fingerprint density at radius 1 is 0.966 bits per heavy atom. The average Bonchev–Trinajstić information content (AvgIpc) is 3.26. The number of carbonyl (C=O) groups is 2. The van der Waals surface area contributed by atoms with Crippen molar-refractivity contribution in [2.45, 2.75) is 19.6 Å². The lowest BCUT2D eigenvalue weighted by Crippen LogP contribution is -2.36. The van der Waals surface area contributed by atoms with E-state index in [1.54, 1.807) is 23.5 Å². The summed E-state index contributed by atoms with van der Waals surface area (Å²) in [5, 5.41) is 7.94. The number of carbonyl (C=O) groups excluding carboxylic acids is 2. The van der Waals surface area contributed by atoms with Crippen molar-refractivity contribution in [2.75, 3.05) is 11.9 Å². The highest BCUT2D eigenvalue weighted by Gasteiger charge is 2.18. The van der Waals surface area contributed by atoms with Crippen LogP contribution in [0.25, 0.3) is 0 Å². The van der Waals surface area contributed by atoms with Crippen LogP contribution in [0.15, 0.2) is 72.1 Å². The zero-order chi connectivity index (χ0) is 20.5. The Balaban J connectivity index is 1.39. The van der Waals surface area contributed by atoms with Gasteiger partial charge >= 0.3 is 5.97 Å². The van der Waals surface area contributed by atoms with Crippen LogP contribution in [0.2, 0.25) is 0 Å². The molecule has 2 aromatic carbocycles. The lowest BCUT2D eigenvalue weighted by Gasteiger charge is -2.14. The summed E-state index contributed by atoms with van der Waals surface area (Å²) < 4.78 is 10.6. The number of ether oxygens (including phenoxy) is 2. The molecule has 0 aliphatic heterocycles. The first-order valence-electron chi connectivity index (χ1n) is 9.14. The van der Waals surface area contributed by atoms with Gasteiger partial charge in [-0.15, -0.1) is 11.3 Å². The summed E-state index contributed by atoms with van der Waals surface area (Å²) in [7, 11) is 0. The molecule has 6 nitrogen and oxygen atoms in total. The molecule has 1 heterocycles. The monoisotopic (exact) mass is 410 g/mol. The lowest BCUT2D eigenvalue weighted by atomic mass is 10.2. The average molecular weight is 410 g/mol. The van der Waals surface area contributed by atoms with Gasteiger partial charge in [0.05, 0.1) is 6.54 Å². The number of anilines is 2. The molecule has 0 bridgehead atoms. The third kappa shape index (κ3) is 6.65. The first-order chi connectivity index (χ1) is 14.1. The van der Waals surface area contributed by atoms with E-state index >= 15 is 0 Å². The van der Waals surface area contributed by atoms with Gasteiger partial charge in [0.15, 0.2) is 12.7 Å². The second-order valence-electron chi connectivity index (χ2n) is 6.23. The predicted octanol–water partition coefficient (Wildman–Crippen LogP) is 4.12. The molecular weight excluding hydrogens is 388 g/mol. The minimum absolute atomic E-state index is 0.270. The fourth-order valence-electron chi connectivity index (χ4n) is 2.48. The van der Waals surface area contributed by atoms with Crippen LogP contribution in [0.1, 0.15) is 11.8 Å². The number of benzene rings is 2. The molecule has 0 radical (unpaired) electrons. The molecule has 0 fully saturated rings. The Hall–Kier alpha value is -3.32. The summed E-state index contributed by atoms with van der Waals surface area (Å²) in [6.07, 6.45) is -0.886. The summed E-state index contributed by atoms with van der Waals surface area (Å²) in [6.45, 7) is 1.68. The van der Waals surface area contributed by atoms with Crippen molar-refractivity contribution in [3.63, 3.8) is 0 Å². The number of esters is 1. The third-order valence-corrected chi connectivity index (χ3v) is 4.84. The van der Waals surface area contributed by atoms with Crippen molar-refractivity contribution in [3.05, 3.63) is 77.0 Å². The van der Waals surface area contributed by atoms with Gasteiger partial charge in [-0.2, -0.15) is 0 Å². The van der Waals surface area contributed by atoms with Gasteiger partial charge in [0.1, 0.15) is 5.75 Å². The first kappa shape index (κ1) is 20.4. The number of amides is 1. The van der Waals surface area contributed by atoms with Crippen LogP contribution >= 0.6 is 11.3 Å². The largest absolute Gasteiger partial charge is 0.482 e. The van der Waals surface area contributed by atoms with Crippen LogP contribution < -0.4 is 15.4 Å². The van der Waals surface area contributed by atoms with E-state index < -0.39 is 12.1 Å². The Bertz CT molecular complexity index is 912. The van der Waals surface area contributed by atoms with Gasteiger partial charge in [-0.3, -0.25) is 4.79 Å². The molecule has 0 saturated carbocycles. The Labute approximate surface area is 173 Å². The van der Waals surface area contributed by atoms with Crippen molar-refractivity contribution in [2.24, 2.45) is 0 Å². The molecular formula is C22H22N2O4S. The maximum absolute atomic E-state index is 12.0. The molecule has 0 saturated heterocycles. The van der Waals surface area contributed by atoms with E-state index in [1.165, 1.54) is 6.92 Å². The van der Waals surface area contributed by atoms with Crippen LogP contribution in [0.5, 0.6) is 5.75 Å². The minimum atomic E-state index is -0.886. The SMILES string of the molecule is C[C@H](OC(=O)COc1ccc(Nc2ccccc2)cc1)C(=O)NCc1cccs1. The van der Waals surface area contributed by atoms with Gasteiger partial charge in [-0.05, 0) is 54.8 Å². The van der Waals surface area contributed by atoms with Crippen molar-refractivity contribution >= 4 is 34.6 Å². The van der Waals surface area contributed by atoms with E-state index in [2.05, 4.69) is 10.6 Å². The summed E-state index contributed by atoms with van der Waals surface area (Å²) in [6, 6.07) is 20.9. The molecule has 3 aromatic rings. The molecule has 29 heavy (non-hydrogen) atoms. The van der Waals surface area contributed by atoms with Crippen LogP contribution in [0, 0.1) is 0 Å². The van der Waals surface area contributed by atoms with Crippen molar-refractivity contribution in [3.8, 4) is 5.75 Å². The Kier molecular flexibility index (Phi) is 7.24. The van der Waals surface area contributed by atoms with E-state index in [4.69, 9.17) is 9.47 Å². The van der Waals surface area contributed by atoms with Gasteiger partial charge in [-0.25, -0.2) is 4.79 Å². The molecule has 0 spiro atoms. The zero-order valence-corrected chi connectivity index (χ0v) is 16.8. The maximum Gasteiger partial charge on any atom is 0.344 e. The summed E-state index contributed by atoms with van der Waals surface area (Å²) in [5.41, 5.74) is 1.89. The quantitative estimate of drug-likeness (QED) is 0.519. The zero-order valence-electron chi connectivity index (χ0n) is 16.0. The summed E-state index contributed by atoms with van der Waals surface area (Å²) in [4.78, 5) is 25.0. The first-order valence-corrected chi connectivity index (χ1v) is 10.0. The van der Waals surface area contributed by atoms with Gasteiger partial charge in [0.25, 0.3) is 5.91 Å². The van der Waals surface area contributed by atoms with Crippen LogP contribution in [-0.2, 0) is 20.9 Å². The topological polar surface area (TPSA) is 76.7 Å². The number of nitrogens with one attached hydrogen (secondary N) is 2. The van der Waals surface area contributed by atoms with Gasteiger partial charge in [-0.1, -0.05) is 24.3 Å². The highest BCUT2D eigenvalue weighted by molar-refractivity contribution is 7.09. The van der Waals surface area contributed by atoms with Crippen molar-refractivity contribution in [1.82, 2.24) is 5.32 Å². The molecule has 0 unspecified atom stereocenters. The molecule has 1 atom stereocenters. The second-order valence-corrected chi connectivity index (χ2v) is 7.27. The maximum atomic E-state index is 12.0. The standard InChI is InChI=1S/C22H22N2O4S/c1-16(22(26)23-14-20-8-5-13-29-20)28-21(25)15-27-19-11-9-18(10-12-19)24-17-6-3-2-4-7-17/h2-13,16,24H,14-15H2,1H3,(H,23,26)/t16-/m0/s1. The number of hydrogen-bond donors (Lipinski definition) is 2. The minimum Gasteiger partial charge on any atom is -0.482 e. The van der Waals surface area contributed by atoms with E-state index in [-0.39, 0.29) is 12.5 Å².